The molecule has 0 amide bonds. The monoisotopic (exact) mass is 472 g/mol. The minimum absolute atomic E-state index is 0. The maximum atomic E-state index is 10.7. The fourth-order valence-corrected chi connectivity index (χ4v) is 2.76. The lowest BCUT2D eigenvalue weighted by Crippen LogP contribution is -2.38. The first kappa shape index (κ1) is 21.1. The number of rotatable bonds is 7. The molecule has 2 aromatic rings. The number of nitro groups is 1. The zero-order valence-electron chi connectivity index (χ0n) is 13.9. The van der Waals surface area contributed by atoms with E-state index in [1.165, 1.54) is 17.7 Å². The second-order valence-corrected chi connectivity index (χ2v) is 6.00. The number of benzene rings is 1. The van der Waals surface area contributed by atoms with Crippen molar-refractivity contribution in [2.24, 2.45) is 4.99 Å². The standard InChI is InChI=1S/C17H20N4O2S.HI/c1-3-9-18-17(20(2)12-15-8-10-24-13-15)19-11-14-4-6-16(7-5-14)21(22)23;/h3-8,10,13H,1,9,11-12H2,2H3,(H,18,19);1H. The molecule has 0 aliphatic rings. The summed E-state index contributed by atoms with van der Waals surface area (Å²) < 4.78 is 0. The number of halogens is 1. The van der Waals surface area contributed by atoms with Crippen molar-refractivity contribution in [1.82, 2.24) is 10.2 Å². The third-order valence-electron chi connectivity index (χ3n) is 3.32. The predicted molar refractivity (Wildman–Crippen MR) is 114 cm³/mol. The first-order valence-corrected chi connectivity index (χ1v) is 8.39. The molecule has 25 heavy (non-hydrogen) atoms. The molecule has 6 nitrogen and oxygen atoms in total. The van der Waals surface area contributed by atoms with Gasteiger partial charge in [0.1, 0.15) is 0 Å². The average molecular weight is 472 g/mol. The molecule has 2 rings (SSSR count). The lowest BCUT2D eigenvalue weighted by atomic mass is 10.2. The smallest absolute Gasteiger partial charge is 0.269 e. The summed E-state index contributed by atoms with van der Waals surface area (Å²) in [5.74, 6) is 0.763. The second kappa shape index (κ2) is 10.8. The number of nitrogens with one attached hydrogen (secondary N) is 1. The first-order valence-electron chi connectivity index (χ1n) is 7.45. The third kappa shape index (κ3) is 6.83. The molecule has 1 aromatic carbocycles. The number of hydrogen-bond acceptors (Lipinski definition) is 4. The summed E-state index contributed by atoms with van der Waals surface area (Å²) in [6.07, 6.45) is 1.78. The molecule has 134 valence electrons. The Morgan fingerprint density at radius 1 is 1.36 bits per heavy atom. The van der Waals surface area contributed by atoms with E-state index in [9.17, 15) is 10.1 Å². The number of guanidine groups is 1. The number of nitro benzene ring substituents is 1. The highest BCUT2D eigenvalue weighted by Gasteiger charge is 2.08. The van der Waals surface area contributed by atoms with E-state index in [2.05, 4.69) is 28.3 Å². The average Bonchev–Trinajstić information content (AvgIpc) is 3.08. The van der Waals surface area contributed by atoms with Crippen LogP contribution in [-0.2, 0) is 13.1 Å². The van der Waals surface area contributed by atoms with E-state index in [-0.39, 0.29) is 29.7 Å². The Kier molecular flexibility index (Phi) is 9.14. The number of nitrogens with zero attached hydrogens (tertiary/aromatic N) is 3. The molecule has 0 fully saturated rings. The normalized spacial score (nSPS) is 10.7. The van der Waals surface area contributed by atoms with Gasteiger partial charge >= 0.3 is 0 Å². The van der Waals surface area contributed by atoms with Crippen molar-refractivity contribution in [3.63, 3.8) is 0 Å². The van der Waals surface area contributed by atoms with Crippen LogP contribution in [-0.4, -0.2) is 29.4 Å². The molecule has 0 aliphatic carbocycles. The van der Waals surface area contributed by atoms with Crippen LogP contribution in [0.3, 0.4) is 0 Å². The van der Waals surface area contributed by atoms with Gasteiger partial charge in [0.2, 0.25) is 0 Å². The van der Waals surface area contributed by atoms with Crippen LogP contribution in [0.5, 0.6) is 0 Å². The summed E-state index contributed by atoms with van der Waals surface area (Å²) in [5.41, 5.74) is 2.23. The van der Waals surface area contributed by atoms with Gasteiger partial charge in [-0.15, -0.1) is 30.6 Å². The second-order valence-electron chi connectivity index (χ2n) is 5.22. The van der Waals surface area contributed by atoms with Gasteiger partial charge in [0.05, 0.1) is 11.5 Å². The van der Waals surface area contributed by atoms with Gasteiger partial charge in [0, 0.05) is 32.3 Å². The summed E-state index contributed by atoms with van der Waals surface area (Å²) in [5, 5.41) is 18.1. The van der Waals surface area contributed by atoms with Gasteiger partial charge in [-0.25, -0.2) is 4.99 Å². The maximum absolute atomic E-state index is 10.7. The number of aliphatic imine (C=N–C) groups is 1. The molecule has 1 N–H and O–H groups in total. The summed E-state index contributed by atoms with van der Waals surface area (Å²) in [4.78, 5) is 16.9. The fourth-order valence-electron chi connectivity index (χ4n) is 2.10. The van der Waals surface area contributed by atoms with Crippen molar-refractivity contribution in [1.29, 1.82) is 0 Å². The Labute approximate surface area is 168 Å². The lowest BCUT2D eigenvalue weighted by molar-refractivity contribution is -0.384. The molecule has 0 radical (unpaired) electrons. The summed E-state index contributed by atoms with van der Waals surface area (Å²) in [6.45, 7) is 5.54. The minimum Gasteiger partial charge on any atom is -0.353 e. The van der Waals surface area contributed by atoms with Crippen LogP contribution in [0.1, 0.15) is 11.1 Å². The highest BCUT2D eigenvalue weighted by atomic mass is 127. The van der Waals surface area contributed by atoms with Crippen molar-refractivity contribution >= 4 is 47.0 Å². The van der Waals surface area contributed by atoms with E-state index in [1.54, 1.807) is 29.5 Å². The van der Waals surface area contributed by atoms with Crippen LogP contribution in [0.25, 0.3) is 0 Å². The van der Waals surface area contributed by atoms with E-state index in [1.807, 2.05) is 17.3 Å². The minimum atomic E-state index is -0.404. The van der Waals surface area contributed by atoms with Gasteiger partial charge in [-0.1, -0.05) is 18.2 Å². The topological polar surface area (TPSA) is 70.8 Å². The largest absolute Gasteiger partial charge is 0.353 e. The van der Waals surface area contributed by atoms with Gasteiger partial charge in [-0.3, -0.25) is 10.1 Å². The summed E-state index contributed by atoms with van der Waals surface area (Å²) in [7, 11) is 1.97. The molecule has 0 aliphatic heterocycles. The van der Waals surface area contributed by atoms with Gasteiger partial charge in [0.15, 0.2) is 5.96 Å². The van der Waals surface area contributed by atoms with Crippen LogP contribution in [0.2, 0.25) is 0 Å². The number of hydrogen-bond donors (Lipinski definition) is 1. The van der Waals surface area contributed by atoms with Crippen LogP contribution in [0.15, 0.2) is 58.7 Å². The molecule has 0 saturated heterocycles. The Bertz CT molecular complexity index is 702. The van der Waals surface area contributed by atoms with Gasteiger partial charge < -0.3 is 10.2 Å². The fraction of sp³-hybridized carbons (Fsp3) is 0.235. The van der Waals surface area contributed by atoms with Crippen molar-refractivity contribution in [2.75, 3.05) is 13.6 Å². The lowest BCUT2D eigenvalue weighted by Gasteiger charge is -2.21. The van der Waals surface area contributed by atoms with Crippen molar-refractivity contribution < 1.29 is 4.92 Å². The molecule has 8 heteroatoms. The van der Waals surface area contributed by atoms with Crippen LogP contribution >= 0.6 is 35.3 Å². The van der Waals surface area contributed by atoms with E-state index in [0.29, 0.717) is 13.1 Å². The first-order chi connectivity index (χ1) is 11.6. The Hall–Kier alpha value is -1.94. The molecule has 0 saturated carbocycles. The molecule has 0 bridgehead atoms. The van der Waals surface area contributed by atoms with Crippen molar-refractivity contribution in [3.8, 4) is 0 Å². The molecule has 0 spiro atoms. The van der Waals surface area contributed by atoms with E-state index >= 15 is 0 Å². The number of non-ortho nitro benzene ring substituents is 1. The highest BCUT2D eigenvalue weighted by molar-refractivity contribution is 14.0. The molecule has 1 heterocycles. The summed E-state index contributed by atoms with van der Waals surface area (Å²) in [6, 6.07) is 8.54. The highest BCUT2D eigenvalue weighted by Crippen LogP contribution is 2.13. The maximum Gasteiger partial charge on any atom is 0.269 e. The zero-order chi connectivity index (χ0) is 17.4. The molecule has 1 aromatic heterocycles. The van der Waals surface area contributed by atoms with Crippen LogP contribution < -0.4 is 5.32 Å². The molecule has 0 unspecified atom stereocenters. The van der Waals surface area contributed by atoms with Crippen molar-refractivity contribution in [2.45, 2.75) is 13.1 Å². The number of thiophene rings is 1. The quantitative estimate of drug-likeness (QED) is 0.165. The Morgan fingerprint density at radius 2 is 2.08 bits per heavy atom. The van der Waals surface area contributed by atoms with E-state index in [4.69, 9.17) is 0 Å². The van der Waals surface area contributed by atoms with Gasteiger partial charge in [-0.2, -0.15) is 11.3 Å². The molecule has 0 atom stereocenters. The van der Waals surface area contributed by atoms with Gasteiger partial charge in [-0.05, 0) is 28.0 Å². The third-order valence-corrected chi connectivity index (χ3v) is 4.06. The SMILES string of the molecule is C=CCNC(=NCc1ccc([N+](=O)[O-])cc1)N(C)Cc1ccsc1.I. The van der Waals surface area contributed by atoms with Gasteiger partial charge in [0.25, 0.3) is 5.69 Å². The Balaban J connectivity index is 0.00000312. The molecular formula is C17H21IN4O2S. The summed E-state index contributed by atoms with van der Waals surface area (Å²) >= 11 is 1.67. The van der Waals surface area contributed by atoms with E-state index < -0.39 is 4.92 Å². The molecular weight excluding hydrogens is 451 g/mol. The predicted octanol–water partition coefficient (Wildman–Crippen LogP) is 4.04. The zero-order valence-corrected chi connectivity index (χ0v) is 17.1. The van der Waals surface area contributed by atoms with Crippen LogP contribution in [0, 0.1) is 10.1 Å². The van der Waals surface area contributed by atoms with Crippen LogP contribution in [0.4, 0.5) is 5.69 Å². The van der Waals surface area contributed by atoms with E-state index in [0.717, 1.165) is 18.1 Å². The Morgan fingerprint density at radius 3 is 2.64 bits per heavy atom. The van der Waals surface area contributed by atoms with Crippen molar-refractivity contribution in [3.05, 3.63) is 75.0 Å².